The molecule has 4 atom stereocenters. The number of carbonyl (C=O) groups excluding carboxylic acids is 2. The number of amides is 3. The zero-order valence-electron chi connectivity index (χ0n) is 16.9. The summed E-state index contributed by atoms with van der Waals surface area (Å²) >= 11 is 0.972. The predicted molar refractivity (Wildman–Crippen MR) is 113 cm³/mol. The quantitative estimate of drug-likeness (QED) is 0.213. The van der Waals surface area contributed by atoms with Crippen LogP contribution in [0.5, 0.6) is 5.75 Å². The van der Waals surface area contributed by atoms with Crippen LogP contribution in [-0.2, 0) is 0 Å². The van der Waals surface area contributed by atoms with Gasteiger partial charge in [-0.25, -0.2) is 9.18 Å². The highest BCUT2D eigenvalue weighted by molar-refractivity contribution is 7.18. The Morgan fingerprint density at radius 1 is 1.19 bits per heavy atom. The third-order valence-corrected chi connectivity index (χ3v) is 5.53. The normalized spacial score (nSPS) is 14.8. The molecule has 0 aliphatic rings. The van der Waals surface area contributed by atoms with Gasteiger partial charge in [0.15, 0.2) is 11.6 Å². The van der Waals surface area contributed by atoms with Crippen molar-refractivity contribution >= 4 is 29.0 Å². The summed E-state index contributed by atoms with van der Waals surface area (Å²) in [7, 11) is 1.40. The Balaban J connectivity index is 2.22. The SMILES string of the molecule is CNC(=O)c1sc(-c2ccc(OC(O)C(O)C(O)C(O)CCO)c(F)c2)cc1NC(N)=O. The van der Waals surface area contributed by atoms with E-state index >= 15 is 0 Å². The van der Waals surface area contributed by atoms with Crippen LogP contribution in [0.3, 0.4) is 0 Å². The van der Waals surface area contributed by atoms with Crippen molar-refractivity contribution in [2.24, 2.45) is 5.73 Å². The molecule has 0 radical (unpaired) electrons. The van der Waals surface area contributed by atoms with Gasteiger partial charge >= 0.3 is 6.03 Å². The van der Waals surface area contributed by atoms with Gasteiger partial charge in [-0.3, -0.25) is 4.79 Å². The Morgan fingerprint density at radius 2 is 1.88 bits per heavy atom. The van der Waals surface area contributed by atoms with Crippen LogP contribution in [0.25, 0.3) is 10.4 Å². The van der Waals surface area contributed by atoms with E-state index in [4.69, 9.17) is 15.6 Å². The third-order valence-electron chi connectivity index (χ3n) is 4.35. The van der Waals surface area contributed by atoms with E-state index in [2.05, 4.69) is 10.6 Å². The molecule has 1 heterocycles. The second-order valence-corrected chi connectivity index (χ2v) is 7.69. The van der Waals surface area contributed by atoms with Gasteiger partial charge in [-0.05, 0) is 36.2 Å². The maximum atomic E-state index is 14.6. The summed E-state index contributed by atoms with van der Waals surface area (Å²) in [5.41, 5.74) is 5.57. The first-order chi connectivity index (χ1) is 15.1. The largest absolute Gasteiger partial charge is 0.459 e. The zero-order valence-corrected chi connectivity index (χ0v) is 17.7. The highest BCUT2D eigenvalue weighted by Gasteiger charge is 2.32. The molecule has 11 nitrogen and oxygen atoms in total. The molecule has 13 heteroatoms. The van der Waals surface area contributed by atoms with Crippen molar-refractivity contribution in [1.29, 1.82) is 0 Å². The average molecular weight is 473 g/mol. The second-order valence-electron chi connectivity index (χ2n) is 6.64. The van der Waals surface area contributed by atoms with Crippen molar-refractivity contribution in [3.63, 3.8) is 0 Å². The van der Waals surface area contributed by atoms with Crippen molar-refractivity contribution in [1.82, 2.24) is 5.32 Å². The van der Waals surface area contributed by atoms with Gasteiger partial charge in [0.2, 0.25) is 6.29 Å². The van der Waals surface area contributed by atoms with Crippen LogP contribution in [0.2, 0.25) is 0 Å². The maximum absolute atomic E-state index is 14.6. The Labute approximate surface area is 185 Å². The van der Waals surface area contributed by atoms with Crippen LogP contribution in [0.4, 0.5) is 14.9 Å². The van der Waals surface area contributed by atoms with E-state index < -0.39 is 54.7 Å². The van der Waals surface area contributed by atoms with Crippen LogP contribution in [-0.4, -0.2) is 75.7 Å². The fraction of sp³-hybridized carbons (Fsp3) is 0.368. The van der Waals surface area contributed by atoms with E-state index in [1.165, 1.54) is 19.2 Å². The molecule has 32 heavy (non-hydrogen) atoms. The Hall–Kier alpha value is -2.81. The number of ether oxygens (including phenoxy) is 1. The van der Waals surface area contributed by atoms with Crippen molar-refractivity contribution in [3.8, 4) is 16.2 Å². The number of nitrogens with one attached hydrogen (secondary N) is 2. The van der Waals surface area contributed by atoms with E-state index in [1.807, 2.05) is 0 Å². The number of urea groups is 1. The number of hydrogen-bond acceptors (Lipinski definition) is 9. The number of nitrogens with two attached hydrogens (primary N) is 1. The fourth-order valence-electron chi connectivity index (χ4n) is 2.69. The van der Waals surface area contributed by atoms with Gasteiger partial charge in [0.1, 0.15) is 17.1 Å². The lowest BCUT2D eigenvalue weighted by Crippen LogP contribution is -2.47. The fourth-order valence-corrected chi connectivity index (χ4v) is 3.75. The molecule has 0 aliphatic carbocycles. The molecular weight excluding hydrogens is 449 g/mol. The molecule has 0 saturated carbocycles. The Kier molecular flexibility index (Phi) is 8.89. The van der Waals surface area contributed by atoms with E-state index in [0.29, 0.717) is 10.4 Å². The Bertz CT molecular complexity index is 957. The minimum atomic E-state index is -2.08. The van der Waals surface area contributed by atoms with Gasteiger partial charge in [0.05, 0.1) is 11.8 Å². The molecule has 9 N–H and O–H groups in total. The van der Waals surface area contributed by atoms with Crippen molar-refractivity contribution < 1.29 is 44.2 Å². The summed E-state index contributed by atoms with van der Waals surface area (Å²) in [6.07, 6.45) is -7.68. The standard InChI is InChI=1S/C19H24FN3O8S/c1-22-17(28)16-10(23-19(21)30)7-13(32-16)8-2-3-12(9(20)6-8)31-18(29)15(27)14(26)11(25)4-5-24/h2-3,6-7,11,14-15,18,24-27,29H,4-5H2,1H3,(H,22,28)(H3,21,23,30). The molecule has 0 bridgehead atoms. The summed E-state index contributed by atoms with van der Waals surface area (Å²) < 4.78 is 19.5. The highest BCUT2D eigenvalue weighted by Crippen LogP contribution is 2.36. The van der Waals surface area contributed by atoms with Crippen LogP contribution >= 0.6 is 11.3 Å². The van der Waals surface area contributed by atoms with E-state index in [1.54, 1.807) is 0 Å². The number of carbonyl (C=O) groups is 2. The number of primary amides is 1. The number of aliphatic hydroxyl groups is 5. The van der Waals surface area contributed by atoms with Gasteiger partial charge in [-0.2, -0.15) is 0 Å². The number of aliphatic hydroxyl groups excluding tert-OH is 5. The molecule has 2 aromatic rings. The molecule has 0 saturated heterocycles. The van der Waals surface area contributed by atoms with Crippen LogP contribution in [0.1, 0.15) is 16.1 Å². The lowest BCUT2D eigenvalue weighted by Gasteiger charge is -2.26. The molecule has 4 unspecified atom stereocenters. The molecule has 1 aromatic carbocycles. The van der Waals surface area contributed by atoms with Crippen LogP contribution in [0.15, 0.2) is 24.3 Å². The minimum Gasteiger partial charge on any atom is -0.459 e. The zero-order chi connectivity index (χ0) is 24.0. The first kappa shape index (κ1) is 25.5. The van der Waals surface area contributed by atoms with Crippen molar-refractivity contribution in [3.05, 3.63) is 35.0 Å². The van der Waals surface area contributed by atoms with Crippen LogP contribution in [0, 0.1) is 5.82 Å². The summed E-state index contributed by atoms with van der Waals surface area (Å²) in [4.78, 5) is 23.8. The summed E-state index contributed by atoms with van der Waals surface area (Å²) in [6, 6.07) is 4.15. The van der Waals surface area contributed by atoms with Gasteiger partial charge in [-0.15, -0.1) is 11.3 Å². The molecule has 2 rings (SSSR count). The molecular formula is C19H24FN3O8S. The average Bonchev–Trinajstić information content (AvgIpc) is 3.16. The lowest BCUT2D eigenvalue weighted by atomic mass is 10.1. The minimum absolute atomic E-state index is 0.145. The number of halogens is 1. The highest BCUT2D eigenvalue weighted by atomic mass is 32.1. The number of hydrogen-bond donors (Lipinski definition) is 8. The summed E-state index contributed by atoms with van der Waals surface area (Å²) in [5, 5.41) is 52.6. The smallest absolute Gasteiger partial charge is 0.316 e. The monoisotopic (exact) mass is 473 g/mol. The summed E-state index contributed by atoms with van der Waals surface area (Å²) in [6.45, 7) is -0.459. The second kappa shape index (κ2) is 11.2. The van der Waals surface area contributed by atoms with Crippen molar-refractivity contribution in [2.45, 2.75) is 31.0 Å². The van der Waals surface area contributed by atoms with Crippen molar-refractivity contribution in [2.75, 3.05) is 19.0 Å². The predicted octanol–water partition coefficient (Wildman–Crippen LogP) is -0.433. The van der Waals surface area contributed by atoms with Gasteiger partial charge < -0.3 is 46.6 Å². The first-order valence-corrected chi connectivity index (χ1v) is 10.1. The summed E-state index contributed by atoms with van der Waals surface area (Å²) in [5.74, 6) is -1.87. The Morgan fingerprint density at radius 3 is 2.44 bits per heavy atom. The molecule has 0 spiro atoms. The molecule has 0 aliphatic heterocycles. The van der Waals surface area contributed by atoms with E-state index in [9.17, 15) is 34.4 Å². The number of benzene rings is 1. The number of rotatable bonds is 10. The first-order valence-electron chi connectivity index (χ1n) is 9.31. The molecule has 176 valence electrons. The third kappa shape index (κ3) is 6.12. The molecule has 0 fully saturated rings. The van der Waals surface area contributed by atoms with Gasteiger partial charge in [0.25, 0.3) is 5.91 Å². The molecule has 3 amide bonds. The van der Waals surface area contributed by atoms with Gasteiger partial charge in [-0.1, -0.05) is 0 Å². The maximum Gasteiger partial charge on any atom is 0.316 e. The topological polar surface area (TPSA) is 195 Å². The van der Waals surface area contributed by atoms with Crippen LogP contribution < -0.4 is 21.1 Å². The lowest BCUT2D eigenvalue weighted by molar-refractivity contribution is -0.167. The molecule has 1 aromatic heterocycles. The van der Waals surface area contributed by atoms with Gasteiger partial charge in [0, 0.05) is 18.5 Å². The van der Waals surface area contributed by atoms with E-state index in [0.717, 1.165) is 23.5 Å². The number of anilines is 1. The number of thiophene rings is 1. The van der Waals surface area contributed by atoms with E-state index in [-0.39, 0.29) is 17.0 Å².